The van der Waals surface area contributed by atoms with E-state index in [1.807, 2.05) is 39.8 Å². The molecule has 3 N–H and O–H groups in total. The van der Waals surface area contributed by atoms with Crippen molar-refractivity contribution in [3.63, 3.8) is 0 Å². The number of aliphatic hydroxyl groups is 1. The lowest BCUT2D eigenvalue weighted by Crippen LogP contribution is -2.56. The summed E-state index contributed by atoms with van der Waals surface area (Å²) >= 11 is 0. The van der Waals surface area contributed by atoms with Crippen molar-refractivity contribution in [3.05, 3.63) is 28.5 Å². The minimum atomic E-state index is -0.758. The van der Waals surface area contributed by atoms with Gasteiger partial charge in [-0.1, -0.05) is 0 Å². The lowest BCUT2D eigenvalue weighted by Gasteiger charge is -2.43. The van der Waals surface area contributed by atoms with E-state index in [0.717, 1.165) is 5.56 Å². The molecule has 2 bridgehead atoms. The second kappa shape index (κ2) is 6.99. The van der Waals surface area contributed by atoms with Crippen LogP contribution in [0.25, 0.3) is 6.08 Å². The highest BCUT2D eigenvalue weighted by Crippen LogP contribution is 2.49. The number of esters is 1. The van der Waals surface area contributed by atoms with E-state index in [-0.39, 0.29) is 24.2 Å². The molecule has 162 valence electrons. The zero-order chi connectivity index (χ0) is 22.0. The number of benzene rings is 1. The highest BCUT2D eigenvalue weighted by Gasteiger charge is 2.54. The van der Waals surface area contributed by atoms with E-state index in [4.69, 9.17) is 9.47 Å². The molecule has 3 aliphatic rings. The predicted molar refractivity (Wildman–Crippen MR) is 109 cm³/mol. The van der Waals surface area contributed by atoms with Gasteiger partial charge in [-0.25, -0.2) is 0 Å². The van der Waals surface area contributed by atoms with Gasteiger partial charge in [0.15, 0.2) is 11.5 Å². The molecular formula is C22H28N2O6. The molecule has 3 heterocycles. The summed E-state index contributed by atoms with van der Waals surface area (Å²) in [7, 11) is 1.47. The van der Waals surface area contributed by atoms with Gasteiger partial charge in [-0.2, -0.15) is 0 Å². The number of nitrogens with zero attached hydrogens (tertiary/aromatic N) is 1. The van der Waals surface area contributed by atoms with Crippen molar-refractivity contribution in [2.24, 2.45) is 5.92 Å². The molecule has 0 saturated carbocycles. The third-order valence-corrected chi connectivity index (χ3v) is 5.95. The predicted octanol–water partition coefficient (Wildman–Crippen LogP) is 1.63. The Balaban J connectivity index is 1.82. The lowest BCUT2D eigenvalue weighted by atomic mass is 9.87. The number of aliphatic hydroxyl groups excluding tert-OH is 1. The normalized spacial score (nSPS) is 27.3. The molecule has 30 heavy (non-hydrogen) atoms. The number of fused-ring (bicyclic) bond motifs is 5. The summed E-state index contributed by atoms with van der Waals surface area (Å²) < 4.78 is 10.9. The van der Waals surface area contributed by atoms with Crippen LogP contribution in [0.5, 0.6) is 11.5 Å². The van der Waals surface area contributed by atoms with Gasteiger partial charge in [0.2, 0.25) is 5.91 Å². The first-order valence-electron chi connectivity index (χ1n) is 10.1. The smallest absolute Gasteiger partial charge is 0.311 e. The Kier molecular flexibility index (Phi) is 4.82. The fourth-order valence-corrected chi connectivity index (χ4v) is 4.81. The zero-order valence-corrected chi connectivity index (χ0v) is 17.9. The Morgan fingerprint density at radius 1 is 1.37 bits per heavy atom. The molecule has 8 heteroatoms. The van der Waals surface area contributed by atoms with Crippen molar-refractivity contribution in [3.8, 4) is 11.5 Å². The molecule has 0 unspecified atom stereocenters. The summed E-state index contributed by atoms with van der Waals surface area (Å²) in [4.78, 5) is 27.6. The highest BCUT2D eigenvalue weighted by atomic mass is 16.6. The average molecular weight is 416 g/mol. The summed E-state index contributed by atoms with van der Waals surface area (Å²) in [6, 6.07) is 0.144. The van der Waals surface area contributed by atoms with Gasteiger partial charge in [0.1, 0.15) is 5.60 Å². The SMILES string of the molecule is COc1c(C)cc2c(c1O)[C@H](CO)N1C(=O)[C@@H]3C[C@@H](C(=O)OC(C)(C)C)[C@@H](N3)C1=C2. The number of hydrogen-bond acceptors (Lipinski definition) is 7. The molecule has 8 nitrogen and oxygen atoms in total. The monoisotopic (exact) mass is 416 g/mol. The summed E-state index contributed by atoms with van der Waals surface area (Å²) in [6.45, 7) is 6.89. The van der Waals surface area contributed by atoms with Crippen LogP contribution in [-0.4, -0.2) is 58.4 Å². The van der Waals surface area contributed by atoms with Crippen LogP contribution in [0.15, 0.2) is 11.8 Å². The Bertz CT molecular complexity index is 948. The number of rotatable bonds is 3. The van der Waals surface area contributed by atoms with Gasteiger partial charge in [0, 0.05) is 11.3 Å². The number of phenols is 1. The van der Waals surface area contributed by atoms with Gasteiger partial charge in [-0.15, -0.1) is 0 Å². The number of methoxy groups -OCH3 is 1. The van der Waals surface area contributed by atoms with Crippen LogP contribution < -0.4 is 10.1 Å². The van der Waals surface area contributed by atoms with Crippen molar-refractivity contribution in [2.75, 3.05) is 13.7 Å². The molecule has 4 rings (SSSR count). The number of aromatic hydroxyl groups is 1. The first-order valence-corrected chi connectivity index (χ1v) is 10.1. The maximum absolute atomic E-state index is 13.2. The van der Waals surface area contributed by atoms with Gasteiger partial charge in [0.25, 0.3) is 0 Å². The second-order valence-corrected chi connectivity index (χ2v) is 9.13. The quantitative estimate of drug-likeness (QED) is 0.643. The number of nitrogens with one attached hydrogen (secondary N) is 1. The van der Waals surface area contributed by atoms with Gasteiger partial charge < -0.3 is 24.6 Å². The molecule has 1 aromatic rings. The summed E-state index contributed by atoms with van der Waals surface area (Å²) in [5.74, 6) is -0.848. The lowest BCUT2D eigenvalue weighted by molar-refractivity contribution is -0.160. The van der Waals surface area contributed by atoms with Crippen LogP contribution in [-0.2, 0) is 14.3 Å². The molecule has 0 radical (unpaired) electrons. The number of aryl methyl sites for hydroxylation is 1. The first-order chi connectivity index (χ1) is 14.1. The van der Waals surface area contributed by atoms with Gasteiger partial charge in [0.05, 0.1) is 37.8 Å². The van der Waals surface area contributed by atoms with Crippen LogP contribution in [0.4, 0.5) is 0 Å². The van der Waals surface area contributed by atoms with E-state index in [1.54, 1.807) is 0 Å². The van der Waals surface area contributed by atoms with Crippen LogP contribution in [0.2, 0.25) is 0 Å². The largest absolute Gasteiger partial charge is 0.504 e. The third-order valence-electron chi connectivity index (χ3n) is 5.95. The van der Waals surface area contributed by atoms with Gasteiger partial charge >= 0.3 is 5.97 Å². The summed E-state index contributed by atoms with van der Waals surface area (Å²) in [5.41, 5.74) is 1.86. The second-order valence-electron chi connectivity index (χ2n) is 9.13. The first kappa shape index (κ1) is 20.7. The average Bonchev–Trinajstić information content (AvgIpc) is 3.05. The molecule has 0 aromatic heterocycles. The maximum atomic E-state index is 13.2. The number of phenolic OH excluding ortho intramolecular Hbond substituents is 1. The number of piperazine rings is 1. The Morgan fingerprint density at radius 3 is 2.67 bits per heavy atom. The van der Waals surface area contributed by atoms with Crippen molar-refractivity contribution < 1.29 is 29.3 Å². The summed E-state index contributed by atoms with van der Waals surface area (Å²) in [5, 5.41) is 24.3. The van der Waals surface area contributed by atoms with Crippen LogP contribution in [0.3, 0.4) is 0 Å². The fourth-order valence-electron chi connectivity index (χ4n) is 4.81. The van der Waals surface area contributed by atoms with Gasteiger partial charge in [-0.3, -0.25) is 14.9 Å². The Morgan fingerprint density at radius 2 is 2.07 bits per heavy atom. The minimum Gasteiger partial charge on any atom is -0.504 e. The van der Waals surface area contributed by atoms with Crippen LogP contribution in [0.1, 0.15) is 49.9 Å². The molecule has 0 aliphatic carbocycles. The summed E-state index contributed by atoms with van der Waals surface area (Å²) in [6.07, 6.45) is 2.14. The fraction of sp³-hybridized carbons (Fsp3) is 0.545. The number of carbonyl (C=O) groups is 2. The minimum absolute atomic E-state index is 0.0794. The van der Waals surface area contributed by atoms with E-state index < -0.39 is 29.6 Å². The molecule has 4 atom stereocenters. The Hall–Kier alpha value is -2.58. The molecule has 3 aliphatic heterocycles. The van der Waals surface area contributed by atoms with Crippen molar-refractivity contribution >= 4 is 18.0 Å². The van der Waals surface area contributed by atoms with Crippen molar-refractivity contribution in [1.82, 2.24) is 10.2 Å². The van der Waals surface area contributed by atoms with E-state index in [1.165, 1.54) is 12.0 Å². The van der Waals surface area contributed by atoms with E-state index >= 15 is 0 Å². The van der Waals surface area contributed by atoms with Crippen molar-refractivity contribution in [1.29, 1.82) is 0 Å². The number of hydrogen-bond donors (Lipinski definition) is 3. The topological polar surface area (TPSA) is 108 Å². The maximum Gasteiger partial charge on any atom is 0.311 e. The third kappa shape index (κ3) is 3.06. The zero-order valence-electron chi connectivity index (χ0n) is 17.9. The van der Waals surface area contributed by atoms with E-state index in [0.29, 0.717) is 29.0 Å². The standard InChI is InChI=1S/C22H28N2O6/c1-10-6-11-7-14-17-12(21(28)30-22(2,3)4)8-13(23-17)20(27)24(14)15(9-25)16(11)18(26)19(10)29-5/h6-7,12-13,15,17,23,25-26H,8-9H2,1-5H3/t12-,13+,15+,17-/m1/s1. The molecule has 1 amide bonds. The van der Waals surface area contributed by atoms with Crippen molar-refractivity contribution in [2.45, 2.75) is 57.8 Å². The van der Waals surface area contributed by atoms with E-state index in [9.17, 15) is 19.8 Å². The number of ether oxygens (including phenoxy) is 2. The molecular weight excluding hydrogens is 388 g/mol. The van der Waals surface area contributed by atoms with Crippen LogP contribution in [0, 0.1) is 12.8 Å². The molecule has 0 spiro atoms. The number of carbonyl (C=O) groups excluding carboxylic acids is 2. The molecule has 2 saturated heterocycles. The molecule has 1 aromatic carbocycles. The van der Waals surface area contributed by atoms with E-state index in [2.05, 4.69) is 5.32 Å². The van der Waals surface area contributed by atoms with Gasteiger partial charge in [-0.05, 0) is 57.4 Å². The molecule has 2 fully saturated rings. The Labute approximate surface area is 175 Å². The van der Waals surface area contributed by atoms with Crippen LogP contribution >= 0.6 is 0 Å². The number of amides is 1. The highest BCUT2D eigenvalue weighted by molar-refractivity contribution is 5.92.